The van der Waals surface area contributed by atoms with Gasteiger partial charge in [-0.3, -0.25) is 9.59 Å². The van der Waals surface area contributed by atoms with E-state index in [1.807, 2.05) is 0 Å². The molecule has 38 heavy (non-hydrogen) atoms. The van der Waals surface area contributed by atoms with E-state index >= 15 is 0 Å². The molecule has 0 aromatic heterocycles. The van der Waals surface area contributed by atoms with E-state index in [1.165, 1.54) is 7.11 Å². The predicted octanol–water partition coefficient (Wildman–Crippen LogP) is 1.81. The first-order valence-corrected chi connectivity index (χ1v) is 13.5. The molecular formula is C26H50O12. The van der Waals surface area contributed by atoms with Crippen LogP contribution in [-0.2, 0) is 57.0 Å². The van der Waals surface area contributed by atoms with Crippen molar-refractivity contribution < 1.29 is 57.0 Å². The van der Waals surface area contributed by atoms with Crippen molar-refractivity contribution >= 4 is 11.9 Å². The Morgan fingerprint density at radius 3 is 1.11 bits per heavy atom. The van der Waals surface area contributed by atoms with Gasteiger partial charge in [0.2, 0.25) is 0 Å². The fraction of sp³-hybridized carbons (Fsp3) is 0.923. The van der Waals surface area contributed by atoms with Gasteiger partial charge < -0.3 is 47.4 Å². The SMILES string of the molecule is CCCCCC(=O)OCCOCCOCCOCCOCCOCCOCCOCCOCCC(=O)OC. The molecule has 226 valence electrons. The van der Waals surface area contributed by atoms with E-state index in [0.717, 1.165) is 19.3 Å². The molecule has 0 bridgehead atoms. The highest BCUT2D eigenvalue weighted by molar-refractivity contribution is 5.69. The van der Waals surface area contributed by atoms with Crippen LogP contribution in [-0.4, -0.2) is 131 Å². The van der Waals surface area contributed by atoms with Gasteiger partial charge in [0.15, 0.2) is 0 Å². The van der Waals surface area contributed by atoms with Crippen LogP contribution in [0.15, 0.2) is 0 Å². The smallest absolute Gasteiger partial charge is 0.307 e. The summed E-state index contributed by atoms with van der Waals surface area (Å²) in [4.78, 5) is 22.3. The summed E-state index contributed by atoms with van der Waals surface area (Å²) in [5.74, 6) is -0.449. The van der Waals surface area contributed by atoms with E-state index in [0.29, 0.717) is 112 Å². The van der Waals surface area contributed by atoms with Gasteiger partial charge in [-0.05, 0) is 6.42 Å². The Hall–Kier alpha value is -1.38. The molecule has 0 aromatic rings. The molecule has 0 N–H and O–H groups in total. The molecule has 0 aliphatic carbocycles. The zero-order chi connectivity index (χ0) is 27.8. The number of rotatable bonds is 31. The van der Waals surface area contributed by atoms with Crippen LogP contribution in [0.1, 0.15) is 39.0 Å². The van der Waals surface area contributed by atoms with Crippen LogP contribution in [0.2, 0.25) is 0 Å². The van der Waals surface area contributed by atoms with Gasteiger partial charge >= 0.3 is 11.9 Å². The zero-order valence-electron chi connectivity index (χ0n) is 23.5. The summed E-state index contributed by atoms with van der Waals surface area (Å²) in [5.41, 5.74) is 0. The number of carbonyl (C=O) groups is 2. The molecule has 0 heterocycles. The summed E-state index contributed by atoms with van der Waals surface area (Å²) in [6.45, 7) is 9.72. The highest BCUT2D eigenvalue weighted by Gasteiger charge is 2.02. The normalized spacial score (nSPS) is 11.1. The molecule has 0 aliphatic rings. The lowest BCUT2D eigenvalue weighted by molar-refractivity contribution is -0.145. The van der Waals surface area contributed by atoms with E-state index in [1.54, 1.807) is 0 Å². The summed E-state index contributed by atoms with van der Waals surface area (Å²) in [6.07, 6.45) is 3.73. The number of hydrogen-bond acceptors (Lipinski definition) is 12. The third-order valence-electron chi connectivity index (χ3n) is 4.76. The third-order valence-corrected chi connectivity index (χ3v) is 4.76. The van der Waals surface area contributed by atoms with Crippen molar-refractivity contribution in [3.8, 4) is 0 Å². The molecule has 0 amide bonds. The number of ether oxygens (including phenoxy) is 10. The van der Waals surface area contributed by atoms with Crippen molar-refractivity contribution in [2.75, 3.05) is 119 Å². The first-order chi connectivity index (χ1) is 18.7. The molecule has 0 atom stereocenters. The Morgan fingerprint density at radius 2 is 0.763 bits per heavy atom. The fourth-order valence-corrected chi connectivity index (χ4v) is 2.70. The Labute approximate surface area is 227 Å². The molecular weight excluding hydrogens is 504 g/mol. The fourth-order valence-electron chi connectivity index (χ4n) is 2.70. The summed E-state index contributed by atoms with van der Waals surface area (Å²) in [5, 5.41) is 0. The van der Waals surface area contributed by atoms with Gasteiger partial charge in [0.1, 0.15) is 6.61 Å². The Balaban J connectivity index is 3.08. The van der Waals surface area contributed by atoms with Crippen molar-refractivity contribution in [2.45, 2.75) is 39.0 Å². The minimum atomic E-state index is -0.287. The lowest BCUT2D eigenvalue weighted by atomic mass is 10.2. The first kappa shape index (κ1) is 36.6. The van der Waals surface area contributed by atoms with Crippen molar-refractivity contribution in [1.82, 2.24) is 0 Å². The molecule has 0 saturated heterocycles. The number of unbranched alkanes of at least 4 members (excludes halogenated alkanes) is 2. The van der Waals surface area contributed by atoms with Crippen LogP contribution in [0.3, 0.4) is 0 Å². The van der Waals surface area contributed by atoms with Gasteiger partial charge in [0.05, 0.1) is 119 Å². The molecule has 0 aliphatic heterocycles. The second-order valence-electron chi connectivity index (χ2n) is 7.90. The molecule has 12 heteroatoms. The predicted molar refractivity (Wildman–Crippen MR) is 138 cm³/mol. The van der Waals surface area contributed by atoms with Crippen LogP contribution in [0.4, 0.5) is 0 Å². The summed E-state index contributed by atoms with van der Waals surface area (Å²) < 4.78 is 52.7. The molecule has 0 saturated carbocycles. The quantitative estimate of drug-likeness (QED) is 0.0916. The van der Waals surface area contributed by atoms with Crippen LogP contribution < -0.4 is 0 Å². The molecule has 0 rings (SSSR count). The molecule has 0 spiro atoms. The first-order valence-electron chi connectivity index (χ1n) is 13.5. The molecule has 12 nitrogen and oxygen atoms in total. The maximum absolute atomic E-state index is 11.4. The maximum Gasteiger partial charge on any atom is 0.307 e. The molecule has 0 fully saturated rings. The van der Waals surface area contributed by atoms with E-state index in [2.05, 4.69) is 11.7 Å². The number of hydrogen-bond donors (Lipinski definition) is 0. The second kappa shape index (κ2) is 31.8. The van der Waals surface area contributed by atoms with Crippen molar-refractivity contribution in [2.24, 2.45) is 0 Å². The minimum Gasteiger partial charge on any atom is -0.469 e. The third kappa shape index (κ3) is 30.8. The summed E-state index contributed by atoms with van der Waals surface area (Å²) in [7, 11) is 1.35. The van der Waals surface area contributed by atoms with E-state index in [4.69, 9.17) is 42.6 Å². The Morgan fingerprint density at radius 1 is 0.421 bits per heavy atom. The van der Waals surface area contributed by atoms with Gasteiger partial charge in [-0.25, -0.2) is 0 Å². The van der Waals surface area contributed by atoms with Crippen LogP contribution in [0.25, 0.3) is 0 Å². The van der Waals surface area contributed by atoms with Gasteiger partial charge in [-0.1, -0.05) is 19.8 Å². The van der Waals surface area contributed by atoms with E-state index in [-0.39, 0.29) is 25.0 Å². The van der Waals surface area contributed by atoms with Crippen LogP contribution >= 0.6 is 0 Å². The highest BCUT2D eigenvalue weighted by Crippen LogP contribution is 2.00. The van der Waals surface area contributed by atoms with Gasteiger partial charge in [0.25, 0.3) is 0 Å². The topological polar surface area (TPSA) is 126 Å². The lowest BCUT2D eigenvalue weighted by Crippen LogP contribution is -2.15. The van der Waals surface area contributed by atoms with Crippen LogP contribution in [0, 0.1) is 0 Å². The summed E-state index contributed by atoms with van der Waals surface area (Å²) in [6, 6.07) is 0. The highest BCUT2D eigenvalue weighted by atomic mass is 16.6. The number of carbonyl (C=O) groups excluding carboxylic acids is 2. The largest absolute Gasteiger partial charge is 0.469 e. The monoisotopic (exact) mass is 554 g/mol. The number of methoxy groups -OCH3 is 1. The van der Waals surface area contributed by atoms with Crippen molar-refractivity contribution in [3.63, 3.8) is 0 Å². The van der Waals surface area contributed by atoms with Crippen LogP contribution in [0.5, 0.6) is 0 Å². The Bertz CT molecular complexity index is 507. The van der Waals surface area contributed by atoms with Gasteiger partial charge in [-0.15, -0.1) is 0 Å². The van der Waals surface area contributed by atoms with Crippen molar-refractivity contribution in [3.05, 3.63) is 0 Å². The van der Waals surface area contributed by atoms with E-state index < -0.39 is 0 Å². The Kier molecular flexibility index (Phi) is 30.7. The van der Waals surface area contributed by atoms with Gasteiger partial charge in [0, 0.05) is 6.42 Å². The molecule has 0 unspecified atom stereocenters. The van der Waals surface area contributed by atoms with E-state index in [9.17, 15) is 9.59 Å². The maximum atomic E-state index is 11.4. The van der Waals surface area contributed by atoms with Crippen molar-refractivity contribution in [1.29, 1.82) is 0 Å². The standard InChI is InChI=1S/C26H50O12/c1-3-4-5-6-26(28)38-24-23-37-22-21-36-20-19-35-18-17-34-16-15-33-14-13-32-12-11-31-10-9-30-8-7-25(27)29-2/h3-24H2,1-2H3. The zero-order valence-corrected chi connectivity index (χ0v) is 23.5. The molecule has 0 aromatic carbocycles. The van der Waals surface area contributed by atoms with Gasteiger partial charge in [-0.2, -0.15) is 0 Å². The minimum absolute atomic E-state index is 0.162. The average molecular weight is 555 g/mol. The lowest BCUT2D eigenvalue weighted by Gasteiger charge is -2.09. The summed E-state index contributed by atoms with van der Waals surface area (Å²) >= 11 is 0. The second-order valence-corrected chi connectivity index (χ2v) is 7.90. The molecule has 0 radical (unpaired) electrons. The average Bonchev–Trinajstić information content (AvgIpc) is 2.92. The number of esters is 2.